The normalized spacial score (nSPS) is 16.5. The first-order chi connectivity index (χ1) is 7.89. The molecule has 0 saturated carbocycles. The van der Waals surface area contributed by atoms with Gasteiger partial charge in [0.1, 0.15) is 4.90 Å². The number of hydrogen-bond donors (Lipinski definition) is 1. The van der Waals surface area contributed by atoms with Crippen molar-refractivity contribution >= 4 is 15.8 Å². The van der Waals surface area contributed by atoms with Crippen molar-refractivity contribution in [1.29, 1.82) is 0 Å². The molecule has 0 radical (unpaired) electrons. The zero-order chi connectivity index (χ0) is 12.6. The zero-order valence-electron chi connectivity index (χ0n) is 10.1. The number of aryl methyl sites for hydroxylation is 2. The van der Waals surface area contributed by atoms with Gasteiger partial charge in [0.2, 0.25) is 0 Å². The fourth-order valence-corrected chi connectivity index (χ4v) is 3.33. The van der Waals surface area contributed by atoms with Gasteiger partial charge in [0.15, 0.2) is 0 Å². The Morgan fingerprint density at radius 2 is 1.76 bits per heavy atom. The highest BCUT2D eigenvalue weighted by atomic mass is 32.2. The van der Waals surface area contributed by atoms with Crippen LogP contribution in [0, 0.1) is 13.8 Å². The van der Waals surface area contributed by atoms with Crippen LogP contribution in [0.15, 0.2) is 17.0 Å². The van der Waals surface area contributed by atoms with E-state index in [1.54, 1.807) is 0 Å². The molecule has 1 aromatic carbocycles. The maximum atomic E-state index is 11.4. The molecule has 1 saturated heterocycles. The van der Waals surface area contributed by atoms with Gasteiger partial charge < -0.3 is 4.90 Å². The second-order valence-electron chi connectivity index (χ2n) is 4.60. The molecular formula is C12H17NO3S. The van der Waals surface area contributed by atoms with E-state index in [1.165, 1.54) is 6.07 Å². The standard InChI is InChI=1S/C12H17NO3S/c1-9-7-10(2)12(13-5-3-4-6-13)11(8-9)17(14,15)16/h7-8H,3-6H2,1-2H3,(H,14,15,16). The fraction of sp³-hybridized carbons (Fsp3) is 0.500. The van der Waals surface area contributed by atoms with E-state index in [0.717, 1.165) is 37.1 Å². The van der Waals surface area contributed by atoms with E-state index < -0.39 is 10.1 Å². The molecule has 1 aliphatic heterocycles. The van der Waals surface area contributed by atoms with Crippen LogP contribution in [0.3, 0.4) is 0 Å². The van der Waals surface area contributed by atoms with Gasteiger partial charge in [0.25, 0.3) is 10.1 Å². The molecule has 0 unspecified atom stereocenters. The summed E-state index contributed by atoms with van der Waals surface area (Å²) >= 11 is 0. The molecule has 0 spiro atoms. The van der Waals surface area contributed by atoms with E-state index in [2.05, 4.69) is 0 Å². The number of anilines is 1. The van der Waals surface area contributed by atoms with Gasteiger partial charge in [-0.15, -0.1) is 0 Å². The van der Waals surface area contributed by atoms with Crippen molar-refractivity contribution in [2.45, 2.75) is 31.6 Å². The first-order valence-corrected chi connectivity index (χ1v) is 7.17. The van der Waals surface area contributed by atoms with E-state index in [-0.39, 0.29) is 4.90 Å². The Hall–Kier alpha value is -1.07. The van der Waals surface area contributed by atoms with Crippen LogP contribution in [0.5, 0.6) is 0 Å². The maximum Gasteiger partial charge on any atom is 0.296 e. The molecule has 5 heteroatoms. The van der Waals surface area contributed by atoms with Crippen LogP contribution < -0.4 is 4.90 Å². The molecule has 1 N–H and O–H groups in total. The lowest BCUT2D eigenvalue weighted by Crippen LogP contribution is -2.21. The molecular weight excluding hydrogens is 238 g/mol. The first kappa shape index (κ1) is 12.4. The van der Waals surface area contributed by atoms with Crippen LogP contribution in [-0.4, -0.2) is 26.1 Å². The lowest BCUT2D eigenvalue weighted by atomic mass is 10.1. The molecule has 0 aliphatic carbocycles. The van der Waals surface area contributed by atoms with Gasteiger partial charge in [-0.3, -0.25) is 4.55 Å². The molecule has 1 aliphatic rings. The number of benzene rings is 1. The topological polar surface area (TPSA) is 57.6 Å². The minimum absolute atomic E-state index is 0.0388. The maximum absolute atomic E-state index is 11.4. The predicted octanol–water partition coefficient (Wildman–Crippen LogP) is 2.15. The van der Waals surface area contributed by atoms with Crippen LogP contribution >= 0.6 is 0 Å². The predicted molar refractivity (Wildman–Crippen MR) is 67.2 cm³/mol. The summed E-state index contributed by atoms with van der Waals surface area (Å²) in [6, 6.07) is 3.48. The summed E-state index contributed by atoms with van der Waals surface area (Å²) in [6.45, 7) is 5.42. The molecule has 0 atom stereocenters. The summed E-state index contributed by atoms with van der Waals surface area (Å²) in [5.74, 6) is 0. The Kier molecular flexibility index (Phi) is 3.14. The molecule has 2 rings (SSSR count). The quantitative estimate of drug-likeness (QED) is 0.823. The van der Waals surface area contributed by atoms with Gasteiger partial charge in [-0.05, 0) is 43.9 Å². The van der Waals surface area contributed by atoms with Crippen molar-refractivity contribution in [1.82, 2.24) is 0 Å². The highest BCUT2D eigenvalue weighted by Gasteiger charge is 2.24. The summed E-state index contributed by atoms with van der Waals surface area (Å²) in [5.41, 5.74) is 2.41. The molecule has 0 amide bonds. The highest BCUT2D eigenvalue weighted by Crippen LogP contribution is 2.32. The van der Waals surface area contributed by atoms with Crippen LogP contribution in [-0.2, 0) is 10.1 Å². The summed E-state index contributed by atoms with van der Waals surface area (Å²) < 4.78 is 32.2. The van der Waals surface area contributed by atoms with Gasteiger partial charge in [-0.25, -0.2) is 0 Å². The summed E-state index contributed by atoms with van der Waals surface area (Å²) in [7, 11) is -4.16. The lowest BCUT2D eigenvalue weighted by Gasteiger charge is -2.23. The van der Waals surface area contributed by atoms with Crippen molar-refractivity contribution in [3.05, 3.63) is 23.3 Å². The Balaban J connectivity index is 2.63. The van der Waals surface area contributed by atoms with Crippen LogP contribution in [0.25, 0.3) is 0 Å². The second-order valence-corrected chi connectivity index (χ2v) is 5.99. The van der Waals surface area contributed by atoms with E-state index in [1.807, 2.05) is 24.8 Å². The van der Waals surface area contributed by atoms with Crippen molar-refractivity contribution in [3.63, 3.8) is 0 Å². The van der Waals surface area contributed by atoms with Crippen LogP contribution in [0.4, 0.5) is 5.69 Å². The Labute approximate surface area is 102 Å². The Morgan fingerprint density at radius 1 is 1.18 bits per heavy atom. The highest BCUT2D eigenvalue weighted by molar-refractivity contribution is 7.86. The number of nitrogens with zero attached hydrogens (tertiary/aromatic N) is 1. The molecule has 1 aromatic rings. The molecule has 0 bridgehead atoms. The fourth-order valence-electron chi connectivity index (χ4n) is 2.46. The van der Waals surface area contributed by atoms with Crippen molar-refractivity contribution in [2.75, 3.05) is 18.0 Å². The molecule has 17 heavy (non-hydrogen) atoms. The third kappa shape index (κ3) is 2.45. The van der Waals surface area contributed by atoms with Crippen molar-refractivity contribution in [2.24, 2.45) is 0 Å². The van der Waals surface area contributed by atoms with Gasteiger partial charge in [0, 0.05) is 13.1 Å². The monoisotopic (exact) mass is 255 g/mol. The van der Waals surface area contributed by atoms with E-state index in [4.69, 9.17) is 0 Å². The summed E-state index contributed by atoms with van der Waals surface area (Å²) in [6.07, 6.45) is 2.14. The molecule has 1 fully saturated rings. The minimum Gasteiger partial charge on any atom is -0.370 e. The third-order valence-electron chi connectivity index (χ3n) is 3.11. The minimum atomic E-state index is -4.16. The van der Waals surface area contributed by atoms with Crippen LogP contribution in [0.2, 0.25) is 0 Å². The first-order valence-electron chi connectivity index (χ1n) is 5.73. The number of hydrogen-bond acceptors (Lipinski definition) is 3. The van der Waals surface area contributed by atoms with E-state index in [0.29, 0.717) is 5.69 Å². The second kappa shape index (κ2) is 4.31. The van der Waals surface area contributed by atoms with Gasteiger partial charge >= 0.3 is 0 Å². The molecule has 1 heterocycles. The molecule has 4 nitrogen and oxygen atoms in total. The summed E-state index contributed by atoms with van der Waals surface area (Å²) in [4.78, 5) is 2.08. The van der Waals surface area contributed by atoms with Gasteiger partial charge in [-0.2, -0.15) is 8.42 Å². The van der Waals surface area contributed by atoms with Crippen molar-refractivity contribution in [3.8, 4) is 0 Å². The molecule has 94 valence electrons. The Morgan fingerprint density at radius 3 is 2.29 bits per heavy atom. The average molecular weight is 255 g/mol. The zero-order valence-corrected chi connectivity index (χ0v) is 10.9. The number of rotatable bonds is 2. The summed E-state index contributed by atoms with van der Waals surface area (Å²) in [5, 5.41) is 0. The third-order valence-corrected chi connectivity index (χ3v) is 3.98. The SMILES string of the molecule is Cc1cc(C)c(N2CCCC2)c(S(=O)(=O)O)c1. The molecule has 0 aromatic heterocycles. The smallest absolute Gasteiger partial charge is 0.296 e. The van der Waals surface area contributed by atoms with Gasteiger partial charge in [-0.1, -0.05) is 6.07 Å². The van der Waals surface area contributed by atoms with Crippen LogP contribution in [0.1, 0.15) is 24.0 Å². The lowest BCUT2D eigenvalue weighted by molar-refractivity contribution is 0.483. The van der Waals surface area contributed by atoms with Gasteiger partial charge in [0.05, 0.1) is 5.69 Å². The van der Waals surface area contributed by atoms with Crippen molar-refractivity contribution < 1.29 is 13.0 Å². The largest absolute Gasteiger partial charge is 0.370 e. The average Bonchev–Trinajstić information content (AvgIpc) is 2.67. The Bertz CT molecular complexity index is 531. The van der Waals surface area contributed by atoms with E-state index in [9.17, 15) is 13.0 Å². The van der Waals surface area contributed by atoms with E-state index >= 15 is 0 Å².